The van der Waals surface area contributed by atoms with Gasteiger partial charge in [0.2, 0.25) is 5.91 Å². The molecule has 0 aliphatic heterocycles. The summed E-state index contributed by atoms with van der Waals surface area (Å²) in [4.78, 5) is 13.1. The molecule has 2 aromatic rings. The molecule has 0 radical (unpaired) electrons. The fraction of sp³-hybridized carbons (Fsp3) is 0.286. The number of amides is 1. The molecule has 0 atom stereocenters. The fourth-order valence-electron chi connectivity index (χ4n) is 2.33. The van der Waals surface area contributed by atoms with E-state index in [0.717, 1.165) is 16.5 Å². The lowest BCUT2D eigenvalue weighted by molar-refractivity contribution is -0.137. The van der Waals surface area contributed by atoms with E-state index in [4.69, 9.17) is 0 Å². The van der Waals surface area contributed by atoms with E-state index in [1.807, 2.05) is 24.3 Å². The molecule has 2 nitrogen and oxygen atoms in total. The third-order valence-corrected chi connectivity index (χ3v) is 4.51. The van der Waals surface area contributed by atoms with E-state index in [-0.39, 0.29) is 24.4 Å². The third-order valence-electron chi connectivity index (χ3n) is 3.49. The number of benzene rings is 2. The molecule has 6 heteroatoms. The normalized spacial score (nSPS) is 11.0. The molecular formula is C21H20F3NOS. The summed E-state index contributed by atoms with van der Waals surface area (Å²) in [6.45, 7) is 4.21. The molecule has 0 saturated carbocycles. The Hall–Kier alpha value is -2.39. The van der Waals surface area contributed by atoms with Gasteiger partial charge in [0.15, 0.2) is 0 Å². The predicted molar refractivity (Wildman–Crippen MR) is 102 cm³/mol. The Morgan fingerprint density at radius 2 is 1.78 bits per heavy atom. The Bertz CT molecular complexity index is 833. The molecule has 1 amide bonds. The average Bonchev–Trinajstić information content (AvgIpc) is 2.59. The summed E-state index contributed by atoms with van der Waals surface area (Å²) in [6, 6.07) is 12.9. The number of hydrogen-bond acceptors (Lipinski definition) is 2. The Morgan fingerprint density at radius 1 is 1.11 bits per heavy atom. The maximum atomic E-state index is 12.9. The maximum Gasteiger partial charge on any atom is 0.417 e. The van der Waals surface area contributed by atoms with Crippen molar-refractivity contribution < 1.29 is 18.0 Å². The largest absolute Gasteiger partial charge is 0.417 e. The summed E-state index contributed by atoms with van der Waals surface area (Å²) >= 11 is 1.74. The van der Waals surface area contributed by atoms with Gasteiger partial charge in [-0.15, -0.1) is 11.8 Å². The molecular weight excluding hydrogens is 371 g/mol. The topological polar surface area (TPSA) is 29.1 Å². The van der Waals surface area contributed by atoms with Crippen molar-refractivity contribution in [1.82, 2.24) is 5.32 Å². The first kappa shape index (κ1) is 20.9. The Morgan fingerprint density at radius 3 is 2.41 bits per heavy atom. The van der Waals surface area contributed by atoms with Gasteiger partial charge in [-0.05, 0) is 29.8 Å². The summed E-state index contributed by atoms with van der Waals surface area (Å²) in [5.41, 5.74) is -0.00310. The van der Waals surface area contributed by atoms with Crippen molar-refractivity contribution >= 4 is 17.7 Å². The average molecular weight is 391 g/mol. The lowest BCUT2D eigenvalue weighted by Gasteiger charge is -2.08. The number of carbonyl (C=O) groups is 1. The summed E-state index contributed by atoms with van der Waals surface area (Å²) in [6.07, 6.45) is -4.25. The number of halogens is 3. The van der Waals surface area contributed by atoms with Crippen LogP contribution in [0.5, 0.6) is 0 Å². The van der Waals surface area contributed by atoms with Crippen molar-refractivity contribution in [2.24, 2.45) is 0 Å². The van der Waals surface area contributed by atoms with Gasteiger partial charge >= 0.3 is 6.18 Å². The number of carbonyl (C=O) groups excluding carboxylic acids is 1. The molecule has 0 fully saturated rings. The number of alkyl halides is 3. The molecule has 0 unspecified atom stereocenters. The molecule has 0 aliphatic rings. The molecule has 0 heterocycles. The van der Waals surface area contributed by atoms with Gasteiger partial charge in [-0.2, -0.15) is 13.2 Å². The monoisotopic (exact) mass is 391 g/mol. The number of hydrogen-bond donors (Lipinski definition) is 1. The van der Waals surface area contributed by atoms with Crippen LogP contribution in [-0.2, 0) is 17.4 Å². The van der Waals surface area contributed by atoms with Gasteiger partial charge in [-0.3, -0.25) is 4.79 Å². The van der Waals surface area contributed by atoms with Crippen LogP contribution in [0.1, 0.15) is 30.5 Å². The lowest BCUT2D eigenvalue weighted by Crippen LogP contribution is -2.25. The van der Waals surface area contributed by atoms with Gasteiger partial charge in [0.25, 0.3) is 0 Å². The number of thioether (sulfide) groups is 1. The highest BCUT2D eigenvalue weighted by atomic mass is 32.2. The quantitative estimate of drug-likeness (QED) is 0.579. The summed E-state index contributed by atoms with van der Waals surface area (Å²) in [5, 5.41) is 3.09. The number of nitrogens with one attached hydrogen (secondary N) is 1. The number of rotatable bonds is 5. The minimum Gasteiger partial charge on any atom is -0.345 e. The summed E-state index contributed by atoms with van der Waals surface area (Å²) in [5.74, 6) is 4.83. The molecule has 142 valence electrons. The zero-order chi connectivity index (χ0) is 19.9. The highest BCUT2D eigenvalue weighted by molar-refractivity contribution is 7.99. The van der Waals surface area contributed by atoms with Crippen molar-refractivity contribution in [2.75, 3.05) is 6.54 Å². The molecule has 2 aromatic carbocycles. The summed E-state index contributed by atoms with van der Waals surface area (Å²) in [7, 11) is 0. The van der Waals surface area contributed by atoms with Crippen LogP contribution < -0.4 is 5.32 Å². The molecule has 0 aromatic heterocycles. The molecule has 2 rings (SSSR count). The van der Waals surface area contributed by atoms with Gasteiger partial charge in [-0.25, -0.2) is 0 Å². The second-order valence-electron chi connectivity index (χ2n) is 6.11. The Labute approximate surface area is 161 Å². The van der Waals surface area contributed by atoms with Crippen molar-refractivity contribution in [3.05, 3.63) is 65.2 Å². The van der Waals surface area contributed by atoms with Crippen LogP contribution in [-0.4, -0.2) is 17.7 Å². The first-order valence-corrected chi connectivity index (χ1v) is 9.31. The van der Waals surface area contributed by atoms with Crippen molar-refractivity contribution in [1.29, 1.82) is 0 Å². The Balaban J connectivity index is 1.88. The zero-order valence-electron chi connectivity index (χ0n) is 15.1. The van der Waals surface area contributed by atoms with Crippen LogP contribution in [0.15, 0.2) is 53.4 Å². The van der Waals surface area contributed by atoms with E-state index in [2.05, 4.69) is 31.0 Å². The highest BCUT2D eigenvalue weighted by Crippen LogP contribution is 2.31. The standard InChI is InChI=1S/C21H20F3NOS/c1-15(2)27-18-11-9-16(10-12-18)14-20(26)25-13-5-7-17-6-3-4-8-19(17)21(22,23)24/h3-4,6,8-12,15H,13-14H2,1-2H3,(H,25,26). The zero-order valence-corrected chi connectivity index (χ0v) is 15.9. The molecule has 27 heavy (non-hydrogen) atoms. The maximum absolute atomic E-state index is 12.9. The fourth-order valence-corrected chi connectivity index (χ4v) is 3.16. The third kappa shape index (κ3) is 7.03. The summed E-state index contributed by atoms with van der Waals surface area (Å²) < 4.78 is 38.7. The van der Waals surface area contributed by atoms with Crippen molar-refractivity contribution in [3.8, 4) is 11.8 Å². The van der Waals surface area contributed by atoms with Gasteiger partial charge in [-0.1, -0.05) is 50.0 Å². The van der Waals surface area contributed by atoms with E-state index in [1.165, 1.54) is 18.2 Å². The van der Waals surface area contributed by atoms with Gasteiger partial charge in [0.05, 0.1) is 18.5 Å². The SMILES string of the molecule is CC(C)Sc1ccc(CC(=O)NCC#Cc2ccccc2C(F)(F)F)cc1. The van der Waals surface area contributed by atoms with E-state index in [1.54, 1.807) is 11.8 Å². The predicted octanol–water partition coefficient (Wildman–Crippen LogP) is 4.92. The van der Waals surface area contributed by atoms with Crippen LogP contribution in [0.3, 0.4) is 0 Å². The molecule has 0 spiro atoms. The minimum atomic E-state index is -4.45. The first-order chi connectivity index (χ1) is 12.8. The minimum absolute atomic E-state index is 0.00763. The smallest absolute Gasteiger partial charge is 0.345 e. The van der Waals surface area contributed by atoms with E-state index < -0.39 is 11.7 Å². The lowest BCUT2D eigenvalue weighted by atomic mass is 10.1. The second-order valence-corrected chi connectivity index (χ2v) is 7.76. The van der Waals surface area contributed by atoms with Gasteiger partial charge in [0, 0.05) is 15.7 Å². The van der Waals surface area contributed by atoms with Crippen molar-refractivity contribution in [2.45, 2.75) is 36.6 Å². The van der Waals surface area contributed by atoms with Crippen LogP contribution in [0.25, 0.3) is 0 Å². The Kier molecular flexibility index (Phi) is 7.37. The first-order valence-electron chi connectivity index (χ1n) is 8.43. The molecule has 0 bridgehead atoms. The van der Waals surface area contributed by atoms with Crippen LogP contribution in [0, 0.1) is 11.8 Å². The second kappa shape index (κ2) is 9.52. The highest BCUT2D eigenvalue weighted by Gasteiger charge is 2.32. The van der Waals surface area contributed by atoms with Gasteiger partial charge < -0.3 is 5.32 Å². The van der Waals surface area contributed by atoms with Gasteiger partial charge in [0.1, 0.15) is 0 Å². The van der Waals surface area contributed by atoms with Crippen LogP contribution >= 0.6 is 11.8 Å². The van der Waals surface area contributed by atoms with E-state index in [0.29, 0.717) is 5.25 Å². The van der Waals surface area contributed by atoms with Crippen LogP contribution in [0.2, 0.25) is 0 Å². The van der Waals surface area contributed by atoms with Crippen molar-refractivity contribution in [3.63, 3.8) is 0 Å². The molecule has 0 aliphatic carbocycles. The van der Waals surface area contributed by atoms with E-state index >= 15 is 0 Å². The van der Waals surface area contributed by atoms with Crippen LogP contribution in [0.4, 0.5) is 13.2 Å². The van der Waals surface area contributed by atoms with E-state index in [9.17, 15) is 18.0 Å². The molecule has 1 N–H and O–H groups in total. The molecule has 0 saturated heterocycles.